The van der Waals surface area contributed by atoms with Gasteiger partial charge in [0.1, 0.15) is 13.2 Å². The Balaban J connectivity index is 4.45. The van der Waals surface area contributed by atoms with Gasteiger partial charge in [-0.3, -0.25) is 14.4 Å². The topological polar surface area (TPSA) is 78.9 Å². The zero-order valence-electron chi connectivity index (χ0n) is 52.8. The van der Waals surface area contributed by atoms with Crippen molar-refractivity contribution in [3.05, 3.63) is 134 Å². The fraction of sp³-hybridized carbons (Fsp3) is 0.667. The van der Waals surface area contributed by atoms with Gasteiger partial charge in [0, 0.05) is 19.3 Å². The minimum Gasteiger partial charge on any atom is -0.462 e. The average Bonchev–Trinajstić information content (AvgIpc) is 3.47. The van der Waals surface area contributed by atoms with Crippen LogP contribution in [-0.4, -0.2) is 37.2 Å². The molecule has 0 aliphatic rings. The summed E-state index contributed by atoms with van der Waals surface area (Å²) < 4.78 is 17.0. The minimum atomic E-state index is -0.796. The summed E-state index contributed by atoms with van der Waals surface area (Å²) in [6.07, 6.45) is 95.9. The van der Waals surface area contributed by atoms with Crippen molar-refractivity contribution in [2.24, 2.45) is 0 Å². The lowest BCUT2D eigenvalue weighted by Crippen LogP contribution is -2.30. The van der Waals surface area contributed by atoms with Crippen molar-refractivity contribution in [1.82, 2.24) is 0 Å². The fourth-order valence-electron chi connectivity index (χ4n) is 9.14. The van der Waals surface area contributed by atoms with E-state index in [1.54, 1.807) is 0 Å². The number of allylic oxidation sites excluding steroid dienone is 22. The largest absolute Gasteiger partial charge is 0.462 e. The Morgan fingerprint density at radius 2 is 0.481 bits per heavy atom. The number of esters is 3. The molecule has 81 heavy (non-hydrogen) atoms. The molecule has 6 heteroatoms. The van der Waals surface area contributed by atoms with Crippen LogP contribution in [-0.2, 0) is 28.6 Å². The van der Waals surface area contributed by atoms with Gasteiger partial charge in [-0.1, -0.05) is 283 Å². The van der Waals surface area contributed by atoms with Crippen molar-refractivity contribution in [2.75, 3.05) is 13.2 Å². The van der Waals surface area contributed by atoms with Gasteiger partial charge in [-0.25, -0.2) is 0 Å². The van der Waals surface area contributed by atoms with Gasteiger partial charge in [-0.2, -0.15) is 0 Å². The van der Waals surface area contributed by atoms with Gasteiger partial charge in [-0.05, 0) is 135 Å². The average molecular weight is 1120 g/mol. The molecule has 0 spiro atoms. The molecule has 1 atom stereocenters. The summed E-state index contributed by atoms with van der Waals surface area (Å²) in [5.41, 5.74) is 0. The Morgan fingerprint density at radius 3 is 0.753 bits per heavy atom. The SMILES string of the molecule is CC/C=C\C/C=C\C/C=C\C/C=C\C/C=C\CCCCCCCCCC(=O)OCC(COC(=O)CCCCCCCCCCC/C=C\C/C=C\CCCCC)OC(=O)CCCCCCCCCC/C=C\C/C=C\C/C=C\C/C=C\CC. The molecule has 0 amide bonds. The molecule has 1 unspecified atom stereocenters. The third kappa shape index (κ3) is 66.2. The van der Waals surface area contributed by atoms with Gasteiger partial charge in [-0.15, -0.1) is 0 Å². The first kappa shape index (κ1) is 76.5. The van der Waals surface area contributed by atoms with Gasteiger partial charge >= 0.3 is 17.9 Å². The Hall–Kier alpha value is -4.45. The Morgan fingerprint density at radius 1 is 0.259 bits per heavy atom. The molecule has 0 aliphatic carbocycles. The third-order valence-corrected chi connectivity index (χ3v) is 14.1. The zero-order chi connectivity index (χ0) is 58.5. The predicted molar refractivity (Wildman–Crippen MR) is 353 cm³/mol. The van der Waals surface area contributed by atoms with E-state index >= 15 is 0 Å². The Labute approximate surface area is 500 Å². The lowest BCUT2D eigenvalue weighted by atomic mass is 10.1. The first-order valence-electron chi connectivity index (χ1n) is 33.7. The molecule has 0 heterocycles. The van der Waals surface area contributed by atoms with Crippen LogP contribution in [0.15, 0.2) is 134 Å². The summed E-state index contributed by atoms with van der Waals surface area (Å²) in [5.74, 6) is -0.907. The molecule has 0 aromatic rings. The molecule has 460 valence electrons. The summed E-state index contributed by atoms with van der Waals surface area (Å²) in [6.45, 7) is 6.39. The zero-order valence-corrected chi connectivity index (χ0v) is 52.8. The van der Waals surface area contributed by atoms with Crippen LogP contribution in [0.4, 0.5) is 0 Å². The van der Waals surface area contributed by atoms with Crippen LogP contribution < -0.4 is 0 Å². The van der Waals surface area contributed by atoms with E-state index < -0.39 is 6.10 Å². The highest BCUT2D eigenvalue weighted by Gasteiger charge is 2.19. The highest BCUT2D eigenvalue weighted by atomic mass is 16.6. The summed E-state index contributed by atoms with van der Waals surface area (Å²) in [5, 5.41) is 0. The predicted octanol–water partition coefficient (Wildman–Crippen LogP) is 23.3. The second-order valence-corrected chi connectivity index (χ2v) is 22.0. The summed E-state index contributed by atoms with van der Waals surface area (Å²) in [4.78, 5) is 38.5. The first-order chi connectivity index (χ1) is 40.0. The van der Waals surface area contributed by atoms with Crippen LogP contribution in [0.2, 0.25) is 0 Å². The van der Waals surface area contributed by atoms with E-state index in [4.69, 9.17) is 14.2 Å². The van der Waals surface area contributed by atoms with Crippen molar-refractivity contribution in [1.29, 1.82) is 0 Å². The van der Waals surface area contributed by atoms with E-state index in [2.05, 4.69) is 154 Å². The standard InChI is InChI=1S/C75H124O6/c1-4-7-10-13-16-19-22-25-28-31-34-36-37-39-41-44-47-50-53-56-59-62-65-68-74(77)80-71-72(70-79-73(76)67-64-61-58-55-52-49-46-43-40-33-30-27-24-21-18-15-12-9-6-3)81-75(78)69-66-63-60-57-54-51-48-45-42-38-35-32-29-26-23-20-17-14-11-8-5-2/h7-8,10-11,16-21,25-30,34-36,38-39,41,72H,4-6,9,12-15,22-24,31-33,37,40,42-71H2,1-3H3/b10-7-,11-8-,19-16-,20-17-,21-18-,28-25-,29-26-,30-27-,36-34-,38-35-,41-39-. The molecular weight excluding hydrogens is 997 g/mol. The second-order valence-electron chi connectivity index (χ2n) is 22.0. The quantitative estimate of drug-likeness (QED) is 0.0261. The molecule has 6 nitrogen and oxygen atoms in total. The molecule has 0 saturated carbocycles. The monoisotopic (exact) mass is 1120 g/mol. The van der Waals surface area contributed by atoms with Crippen molar-refractivity contribution in [2.45, 2.75) is 309 Å². The van der Waals surface area contributed by atoms with E-state index in [0.29, 0.717) is 19.3 Å². The lowest BCUT2D eigenvalue weighted by molar-refractivity contribution is -0.167. The first-order valence-corrected chi connectivity index (χ1v) is 33.7. The van der Waals surface area contributed by atoms with Crippen LogP contribution in [0.25, 0.3) is 0 Å². The van der Waals surface area contributed by atoms with Gasteiger partial charge in [0.2, 0.25) is 0 Å². The van der Waals surface area contributed by atoms with E-state index in [9.17, 15) is 14.4 Å². The maximum Gasteiger partial charge on any atom is 0.306 e. The van der Waals surface area contributed by atoms with Crippen LogP contribution in [0.3, 0.4) is 0 Å². The fourth-order valence-corrected chi connectivity index (χ4v) is 9.14. The van der Waals surface area contributed by atoms with Crippen molar-refractivity contribution in [3.8, 4) is 0 Å². The van der Waals surface area contributed by atoms with Crippen LogP contribution >= 0.6 is 0 Å². The van der Waals surface area contributed by atoms with Crippen LogP contribution in [0, 0.1) is 0 Å². The Kier molecular flexibility index (Phi) is 64.3. The second kappa shape index (κ2) is 68.1. The number of ether oxygens (including phenoxy) is 3. The van der Waals surface area contributed by atoms with Crippen LogP contribution in [0.5, 0.6) is 0 Å². The molecule has 0 aromatic carbocycles. The number of hydrogen-bond acceptors (Lipinski definition) is 6. The smallest absolute Gasteiger partial charge is 0.306 e. The van der Waals surface area contributed by atoms with Crippen LogP contribution in [0.1, 0.15) is 303 Å². The number of carbonyl (C=O) groups is 3. The van der Waals surface area contributed by atoms with E-state index in [1.165, 1.54) is 128 Å². The number of rotatable bonds is 60. The van der Waals surface area contributed by atoms with Crippen molar-refractivity contribution < 1.29 is 28.6 Å². The van der Waals surface area contributed by atoms with Crippen molar-refractivity contribution in [3.63, 3.8) is 0 Å². The van der Waals surface area contributed by atoms with Gasteiger partial charge in [0.05, 0.1) is 0 Å². The molecule has 0 aliphatic heterocycles. The minimum absolute atomic E-state index is 0.0901. The molecule has 0 aromatic heterocycles. The van der Waals surface area contributed by atoms with E-state index in [-0.39, 0.29) is 31.1 Å². The summed E-state index contributed by atoms with van der Waals surface area (Å²) in [6, 6.07) is 0. The molecule has 0 bridgehead atoms. The molecule has 0 saturated heterocycles. The maximum atomic E-state index is 13.0. The summed E-state index contributed by atoms with van der Waals surface area (Å²) >= 11 is 0. The van der Waals surface area contributed by atoms with E-state index in [1.807, 2.05) is 0 Å². The molecule has 0 rings (SSSR count). The van der Waals surface area contributed by atoms with Gasteiger partial charge in [0.15, 0.2) is 6.10 Å². The van der Waals surface area contributed by atoms with Gasteiger partial charge in [0.25, 0.3) is 0 Å². The molecule has 0 fully saturated rings. The number of hydrogen-bond donors (Lipinski definition) is 0. The number of unbranched alkanes of at least 4 members (excludes halogenated alkanes) is 27. The van der Waals surface area contributed by atoms with Gasteiger partial charge < -0.3 is 14.2 Å². The third-order valence-electron chi connectivity index (χ3n) is 14.1. The molecule has 0 N–H and O–H groups in total. The lowest BCUT2D eigenvalue weighted by Gasteiger charge is -2.18. The number of carbonyl (C=O) groups excluding carboxylic acids is 3. The highest BCUT2D eigenvalue weighted by Crippen LogP contribution is 2.16. The molecular formula is C75H124O6. The summed E-state index contributed by atoms with van der Waals surface area (Å²) in [7, 11) is 0. The maximum absolute atomic E-state index is 13.0. The normalized spacial score (nSPS) is 13.0. The Bertz CT molecular complexity index is 1720. The highest BCUT2D eigenvalue weighted by molar-refractivity contribution is 5.71. The molecule has 0 radical (unpaired) electrons. The van der Waals surface area contributed by atoms with Crippen molar-refractivity contribution >= 4 is 17.9 Å². The van der Waals surface area contributed by atoms with E-state index in [0.717, 1.165) is 135 Å².